The fraction of sp³-hybridized carbons (Fsp3) is 0.333. The van der Waals surface area contributed by atoms with Crippen molar-refractivity contribution in [2.24, 2.45) is 5.92 Å². The number of hydrogen-bond acceptors (Lipinski definition) is 3. The number of carbonyl (C=O) groups is 1. The van der Waals surface area contributed by atoms with E-state index in [1.54, 1.807) is 6.08 Å². The lowest BCUT2D eigenvalue weighted by atomic mass is 9.86. The van der Waals surface area contributed by atoms with Gasteiger partial charge in [-0.2, -0.15) is 5.26 Å². The molecule has 1 N–H and O–H groups in total. The van der Waals surface area contributed by atoms with Gasteiger partial charge in [0.25, 0.3) is 5.91 Å². The second-order valence-electron chi connectivity index (χ2n) is 7.59. The number of rotatable bonds is 6. The maximum absolute atomic E-state index is 12.8. The first-order chi connectivity index (χ1) is 14.5. The zero-order valence-corrected chi connectivity index (χ0v) is 20.0. The number of hydrogen-bond donors (Lipinski definition) is 1. The van der Waals surface area contributed by atoms with Crippen molar-refractivity contribution in [1.82, 2.24) is 5.32 Å². The Morgan fingerprint density at radius 2 is 1.97 bits per heavy atom. The normalized spacial score (nSPS) is 19.1. The van der Waals surface area contributed by atoms with Crippen molar-refractivity contribution in [2.45, 2.75) is 45.3 Å². The monoisotopic (exact) mass is 530 g/mol. The zero-order chi connectivity index (χ0) is 21.5. The van der Waals surface area contributed by atoms with Gasteiger partial charge in [-0.3, -0.25) is 4.79 Å². The predicted octanol–water partition coefficient (Wildman–Crippen LogP) is 6.39. The average Bonchev–Trinajstić information content (AvgIpc) is 2.73. The Balaban J connectivity index is 1.84. The van der Waals surface area contributed by atoms with Gasteiger partial charge in [0.1, 0.15) is 24.0 Å². The van der Waals surface area contributed by atoms with Gasteiger partial charge in [-0.15, -0.1) is 0 Å². The first-order valence-electron chi connectivity index (χ1n) is 10.1. The van der Waals surface area contributed by atoms with Crippen LogP contribution in [-0.4, -0.2) is 11.9 Å². The molecule has 4 nitrogen and oxygen atoms in total. The molecule has 1 amide bonds. The van der Waals surface area contributed by atoms with Crippen molar-refractivity contribution >= 4 is 43.8 Å². The summed E-state index contributed by atoms with van der Waals surface area (Å²) in [6, 6.07) is 15.8. The molecule has 1 saturated carbocycles. The number of carbonyl (C=O) groups excluding carboxylic acids is 1. The summed E-state index contributed by atoms with van der Waals surface area (Å²) < 4.78 is 7.62. The summed E-state index contributed by atoms with van der Waals surface area (Å²) in [7, 11) is 0. The van der Waals surface area contributed by atoms with Crippen LogP contribution in [-0.2, 0) is 11.4 Å². The number of nitrogens with one attached hydrogen (secondary N) is 1. The highest BCUT2D eigenvalue weighted by atomic mass is 79.9. The van der Waals surface area contributed by atoms with Crippen molar-refractivity contribution < 1.29 is 9.53 Å². The van der Waals surface area contributed by atoms with E-state index in [4.69, 9.17) is 4.74 Å². The lowest BCUT2D eigenvalue weighted by Crippen LogP contribution is -2.41. The highest BCUT2D eigenvalue weighted by molar-refractivity contribution is 9.11. The Labute approximate surface area is 194 Å². The highest BCUT2D eigenvalue weighted by Crippen LogP contribution is 2.35. The molecule has 2 aromatic carbocycles. The molecule has 0 aromatic heterocycles. The molecule has 0 unspecified atom stereocenters. The van der Waals surface area contributed by atoms with Gasteiger partial charge in [0.2, 0.25) is 0 Å². The Morgan fingerprint density at radius 3 is 2.67 bits per heavy atom. The lowest BCUT2D eigenvalue weighted by Gasteiger charge is -2.29. The summed E-state index contributed by atoms with van der Waals surface area (Å²) in [5, 5.41) is 12.7. The molecule has 0 heterocycles. The molecule has 0 spiro atoms. The Kier molecular flexibility index (Phi) is 8.12. The second kappa shape index (κ2) is 10.8. The van der Waals surface area contributed by atoms with Gasteiger partial charge >= 0.3 is 0 Å². The molecule has 1 aliphatic rings. The van der Waals surface area contributed by atoms with Crippen molar-refractivity contribution in [3.63, 3.8) is 0 Å². The third-order valence-electron chi connectivity index (χ3n) is 5.36. The van der Waals surface area contributed by atoms with Crippen molar-refractivity contribution in [3.8, 4) is 11.8 Å². The molecule has 6 heteroatoms. The summed E-state index contributed by atoms with van der Waals surface area (Å²) in [5.41, 5.74) is 1.77. The third kappa shape index (κ3) is 5.96. The number of amides is 1. The first kappa shape index (κ1) is 22.6. The molecule has 3 rings (SSSR count). The molecule has 2 atom stereocenters. The van der Waals surface area contributed by atoms with Crippen LogP contribution in [0, 0.1) is 17.2 Å². The molecule has 0 saturated heterocycles. The van der Waals surface area contributed by atoms with E-state index in [1.807, 2.05) is 42.5 Å². The standard InChI is InChI=1S/C24H24Br2N2O2/c1-16-7-5-6-10-22(16)28-24(29)19(14-27)11-18-12-20(25)13-21(26)23(18)30-15-17-8-3-2-4-9-17/h2-4,8-9,11-13,16,22H,5-7,10,15H2,1H3,(H,28,29)/b19-11+/t16-,22-/m0/s1. The number of nitrogens with zero attached hydrogens (tertiary/aromatic N) is 1. The fourth-order valence-corrected chi connectivity index (χ4v) is 5.02. The van der Waals surface area contributed by atoms with Gasteiger partial charge in [-0.05, 0) is 58.5 Å². The molecule has 0 radical (unpaired) electrons. The smallest absolute Gasteiger partial charge is 0.262 e. The van der Waals surface area contributed by atoms with E-state index in [-0.39, 0.29) is 17.5 Å². The number of halogens is 2. The molecule has 0 aliphatic heterocycles. The summed E-state index contributed by atoms with van der Waals surface area (Å²) in [5.74, 6) is 0.683. The quantitative estimate of drug-likeness (QED) is 0.347. The maximum atomic E-state index is 12.8. The van der Waals surface area contributed by atoms with Gasteiger partial charge in [-0.25, -0.2) is 0 Å². The van der Waals surface area contributed by atoms with Gasteiger partial charge in [0.05, 0.1) is 4.47 Å². The molecule has 156 valence electrons. The zero-order valence-electron chi connectivity index (χ0n) is 16.8. The van der Waals surface area contributed by atoms with Crippen molar-refractivity contribution in [2.75, 3.05) is 0 Å². The molecule has 1 aliphatic carbocycles. The van der Waals surface area contributed by atoms with Crippen molar-refractivity contribution in [3.05, 3.63) is 68.1 Å². The first-order valence-corrected chi connectivity index (χ1v) is 11.6. The van der Waals surface area contributed by atoms with Crippen LogP contribution in [0.1, 0.15) is 43.7 Å². The Morgan fingerprint density at radius 1 is 1.23 bits per heavy atom. The lowest BCUT2D eigenvalue weighted by molar-refractivity contribution is -0.118. The van der Waals surface area contributed by atoms with Crippen LogP contribution >= 0.6 is 31.9 Å². The number of benzene rings is 2. The molecule has 1 fully saturated rings. The van der Waals surface area contributed by atoms with E-state index < -0.39 is 0 Å². The van der Waals surface area contributed by atoms with Gasteiger partial charge < -0.3 is 10.1 Å². The SMILES string of the molecule is C[C@H]1CCCC[C@@H]1NC(=O)/C(C#N)=C/c1cc(Br)cc(Br)c1OCc1ccccc1. The van der Waals surface area contributed by atoms with Gasteiger partial charge in [-0.1, -0.05) is 66.0 Å². The van der Waals surface area contributed by atoms with Gasteiger partial charge in [0, 0.05) is 16.1 Å². The minimum Gasteiger partial charge on any atom is -0.487 e. The summed E-state index contributed by atoms with van der Waals surface area (Å²) >= 11 is 7.02. The van der Waals surface area contributed by atoms with Crippen LogP contribution < -0.4 is 10.1 Å². The Bertz CT molecular complexity index is 967. The van der Waals surface area contributed by atoms with Crippen LogP contribution in [0.2, 0.25) is 0 Å². The number of ether oxygens (including phenoxy) is 1. The molecular formula is C24H24Br2N2O2. The van der Waals surface area contributed by atoms with E-state index in [9.17, 15) is 10.1 Å². The summed E-state index contributed by atoms with van der Waals surface area (Å²) in [6.07, 6.45) is 5.96. The molecule has 2 aromatic rings. The van der Waals surface area contributed by atoms with Crippen LogP contribution in [0.4, 0.5) is 0 Å². The fourth-order valence-electron chi connectivity index (χ4n) is 3.65. The third-order valence-corrected chi connectivity index (χ3v) is 6.40. The van der Waals surface area contributed by atoms with E-state index in [0.29, 0.717) is 23.8 Å². The maximum Gasteiger partial charge on any atom is 0.262 e. The van der Waals surface area contributed by atoms with E-state index in [2.05, 4.69) is 50.2 Å². The van der Waals surface area contributed by atoms with E-state index >= 15 is 0 Å². The topological polar surface area (TPSA) is 62.1 Å². The van der Waals surface area contributed by atoms with E-state index in [1.165, 1.54) is 6.42 Å². The molecule has 30 heavy (non-hydrogen) atoms. The largest absolute Gasteiger partial charge is 0.487 e. The predicted molar refractivity (Wildman–Crippen MR) is 126 cm³/mol. The van der Waals surface area contributed by atoms with Crippen LogP contribution in [0.15, 0.2) is 57.0 Å². The van der Waals surface area contributed by atoms with Crippen LogP contribution in [0.25, 0.3) is 6.08 Å². The van der Waals surface area contributed by atoms with Crippen LogP contribution in [0.3, 0.4) is 0 Å². The number of nitriles is 1. The highest BCUT2D eigenvalue weighted by Gasteiger charge is 2.24. The van der Waals surface area contributed by atoms with E-state index in [0.717, 1.165) is 33.8 Å². The average molecular weight is 532 g/mol. The molecule has 0 bridgehead atoms. The minimum atomic E-state index is -0.332. The van der Waals surface area contributed by atoms with Crippen LogP contribution in [0.5, 0.6) is 5.75 Å². The Hall–Kier alpha value is -2.10. The minimum absolute atomic E-state index is 0.0716. The van der Waals surface area contributed by atoms with Crippen molar-refractivity contribution in [1.29, 1.82) is 5.26 Å². The molecular weight excluding hydrogens is 508 g/mol. The summed E-state index contributed by atoms with van der Waals surface area (Å²) in [6.45, 7) is 2.54. The summed E-state index contributed by atoms with van der Waals surface area (Å²) in [4.78, 5) is 12.8. The van der Waals surface area contributed by atoms with Gasteiger partial charge in [0.15, 0.2) is 0 Å². The second-order valence-corrected chi connectivity index (χ2v) is 9.36.